The van der Waals surface area contributed by atoms with Crippen molar-refractivity contribution in [2.45, 2.75) is 13.0 Å². The number of hydrazone groups is 1. The van der Waals surface area contributed by atoms with Gasteiger partial charge in [-0.05, 0) is 25.1 Å². The number of hydrogen-bond acceptors (Lipinski definition) is 6. The minimum atomic E-state index is -0.601. The molecule has 1 atom stereocenters. The van der Waals surface area contributed by atoms with Gasteiger partial charge in [0.25, 0.3) is 0 Å². The van der Waals surface area contributed by atoms with Crippen molar-refractivity contribution in [3.05, 3.63) is 24.0 Å². The van der Waals surface area contributed by atoms with Gasteiger partial charge in [0.15, 0.2) is 0 Å². The molecule has 1 aromatic carbocycles. The molecule has 0 bridgehead atoms. The Balaban J connectivity index is 1.64. The van der Waals surface area contributed by atoms with Gasteiger partial charge in [-0.2, -0.15) is 5.10 Å². The summed E-state index contributed by atoms with van der Waals surface area (Å²) >= 11 is 0. The van der Waals surface area contributed by atoms with E-state index in [-0.39, 0.29) is 19.1 Å². The van der Waals surface area contributed by atoms with Gasteiger partial charge < -0.3 is 20.3 Å². The maximum absolute atomic E-state index is 14.6. The molecule has 3 rings (SSSR count). The fourth-order valence-electron chi connectivity index (χ4n) is 2.88. The number of urea groups is 1. The third-order valence-corrected chi connectivity index (χ3v) is 4.29. The SMILES string of the molecule is CCNC(=O)NC[C@H]1CN(c2ccc(N3C=NN(C=O)CC3)c(F)c2)C(=O)O1. The van der Waals surface area contributed by atoms with Gasteiger partial charge in [-0.15, -0.1) is 0 Å². The van der Waals surface area contributed by atoms with Crippen LogP contribution in [0, 0.1) is 5.82 Å². The molecule has 0 unspecified atom stereocenters. The van der Waals surface area contributed by atoms with E-state index >= 15 is 0 Å². The Morgan fingerprint density at radius 1 is 1.39 bits per heavy atom. The van der Waals surface area contributed by atoms with Crippen LogP contribution in [0.25, 0.3) is 0 Å². The molecular weight excluding hydrogens is 371 g/mol. The summed E-state index contributed by atoms with van der Waals surface area (Å²) in [6.07, 6.45) is 0.851. The van der Waals surface area contributed by atoms with E-state index in [1.165, 1.54) is 22.3 Å². The summed E-state index contributed by atoms with van der Waals surface area (Å²) in [5.74, 6) is -0.528. The molecule has 11 heteroatoms. The molecular formula is C17H21FN6O4. The van der Waals surface area contributed by atoms with Crippen LogP contribution in [0.5, 0.6) is 0 Å². The number of halogens is 1. The van der Waals surface area contributed by atoms with Gasteiger partial charge in [0.05, 0.1) is 31.0 Å². The van der Waals surface area contributed by atoms with E-state index < -0.39 is 18.0 Å². The Hall–Kier alpha value is -3.37. The maximum atomic E-state index is 14.6. The molecule has 150 valence electrons. The number of nitrogens with one attached hydrogen (secondary N) is 2. The molecule has 1 aromatic rings. The zero-order valence-electron chi connectivity index (χ0n) is 15.3. The third kappa shape index (κ3) is 4.30. The summed E-state index contributed by atoms with van der Waals surface area (Å²) in [6.45, 7) is 3.39. The van der Waals surface area contributed by atoms with E-state index in [9.17, 15) is 18.8 Å². The number of ether oxygens (including phenoxy) is 1. The monoisotopic (exact) mass is 392 g/mol. The molecule has 0 radical (unpaired) electrons. The van der Waals surface area contributed by atoms with Gasteiger partial charge in [0, 0.05) is 13.1 Å². The van der Waals surface area contributed by atoms with Crippen molar-refractivity contribution in [3.63, 3.8) is 0 Å². The summed E-state index contributed by atoms with van der Waals surface area (Å²) in [7, 11) is 0. The Morgan fingerprint density at radius 3 is 2.86 bits per heavy atom. The Kier molecular flexibility index (Phi) is 5.92. The number of carbonyl (C=O) groups is 3. The quantitative estimate of drug-likeness (QED) is 0.693. The average Bonchev–Trinajstić information content (AvgIpc) is 3.07. The van der Waals surface area contributed by atoms with Gasteiger partial charge in [-0.3, -0.25) is 9.69 Å². The van der Waals surface area contributed by atoms with Crippen molar-refractivity contribution in [2.24, 2.45) is 5.10 Å². The highest BCUT2D eigenvalue weighted by atomic mass is 19.1. The van der Waals surface area contributed by atoms with Crippen LogP contribution in [0.15, 0.2) is 23.3 Å². The maximum Gasteiger partial charge on any atom is 0.414 e. The fraction of sp³-hybridized carbons (Fsp3) is 0.412. The van der Waals surface area contributed by atoms with E-state index in [4.69, 9.17) is 4.74 Å². The Bertz CT molecular complexity index is 789. The summed E-state index contributed by atoms with van der Waals surface area (Å²) in [5, 5.41) is 10.3. The van der Waals surface area contributed by atoms with Crippen LogP contribution < -0.4 is 20.4 Å². The van der Waals surface area contributed by atoms with Gasteiger partial charge in [-0.1, -0.05) is 0 Å². The minimum Gasteiger partial charge on any atom is -0.442 e. The second-order valence-electron chi connectivity index (χ2n) is 6.19. The Labute approximate surface area is 160 Å². The third-order valence-electron chi connectivity index (χ3n) is 4.29. The highest BCUT2D eigenvalue weighted by Crippen LogP contribution is 2.28. The molecule has 0 aromatic heterocycles. The summed E-state index contributed by atoms with van der Waals surface area (Å²) in [5.41, 5.74) is 0.648. The summed E-state index contributed by atoms with van der Waals surface area (Å²) < 4.78 is 19.8. The predicted molar refractivity (Wildman–Crippen MR) is 99.7 cm³/mol. The van der Waals surface area contributed by atoms with E-state index in [0.29, 0.717) is 37.4 Å². The molecule has 1 saturated heterocycles. The molecule has 0 spiro atoms. The zero-order chi connectivity index (χ0) is 20.1. The smallest absolute Gasteiger partial charge is 0.414 e. The van der Waals surface area contributed by atoms with Crippen LogP contribution in [0.2, 0.25) is 0 Å². The largest absolute Gasteiger partial charge is 0.442 e. The molecule has 2 N–H and O–H groups in total. The lowest BCUT2D eigenvalue weighted by atomic mass is 10.2. The summed E-state index contributed by atoms with van der Waals surface area (Å²) in [4.78, 5) is 37.1. The van der Waals surface area contributed by atoms with E-state index in [1.807, 2.05) is 0 Å². The number of anilines is 2. The lowest BCUT2D eigenvalue weighted by Crippen LogP contribution is -2.40. The molecule has 1 fully saturated rings. The second kappa shape index (κ2) is 8.55. The normalized spacial score (nSPS) is 18.9. The molecule has 4 amide bonds. The second-order valence-corrected chi connectivity index (χ2v) is 6.19. The number of cyclic esters (lactones) is 1. The first kappa shape index (κ1) is 19.4. The standard InChI is InChI=1S/C17H21FN6O4/c1-2-19-16(26)20-8-13-9-24(17(27)28-13)12-3-4-15(14(18)7-12)22-5-6-23(11-25)21-10-22/h3-4,7,10-11,13H,2,5-6,8-9H2,1H3,(H2,19,20,26)/t13-/m0/s1. The van der Waals surface area contributed by atoms with Gasteiger partial charge in [0.1, 0.15) is 18.3 Å². The van der Waals surface area contributed by atoms with E-state index in [2.05, 4.69) is 15.7 Å². The van der Waals surface area contributed by atoms with Crippen LogP contribution >= 0.6 is 0 Å². The predicted octanol–water partition coefficient (Wildman–Crippen LogP) is 0.692. The number of amides is 4. The first-order valence-corrected chi connectivity index (χ1v) is 8.84. The van der Waals surface area contributed by atoms with Gasteiger partial charge >= 0.3 is 12.1 Å². The first-order valence-electron chi connectivity index (χ1n) is 8.84. The number of carbonyl (C=O) groups excluding carboxylic acids is 3. The molecule has 0 saturated carbocycles. The lowest BCUT2D eigenvalue weighted by molar-refractivity contribution is -0.118. The highest BCUT2D eigenvalue weighted by Gasteiger charge is 2.33. The number of nitrogens with zero attached hydrogens (tertiary/aromatic N) is 4. The van der Waals surface area contributed by atoms with Crippen LogP contribution in [0.1, 0.15) is 6.92 Å². The lowest BCUT2D eigenvalue weighted by Gasteiger charge is -2.27. The fourth-order valence-corrected chi connectivity index (χ4v) is 2.88. The van der Waals surface area contributed by atoms with Gasteiger partial charge in [-0.25, -0.2) is 19.0 Å². The first-order chi connectivity index (χ1) is 13.5. The van der Waals surface area contributed by atoms with E-state index in [0.717, 1.165) is 0 Å². The molecule has 10 nitrogen and oxygen atoms in total. The van der Waals surface area contributed by atoms with Crippen LogP contribution in [0.4, 0.5) is 25.4 Å². The molecule has 2 aliphatic rings. The number of rotatable bonds is 6. The van der Waals surface area contributed by atoms with Crippen LogP contribution in [-0.4, -0.2) is 68.7 Å². The zero-order valence-corrected chi connectivity index (χ0v) is 15.3. The minimum absolute atomic E-state index is 0.159. The number of hydrogen-bond donors (Lipinski definition) is 2. The van der Waals surface area contributed by atoms with Crippen LogP contribution in [-0.2, 0) is 9.53 Å². The van der Waals surface area contributed by atoms with Gasteiger partial charge in [0.2, 0.25) is 6.41 Å². The van der Waals surface area contributed by atoms with Crippen molar-refractivity contribution in [1.29, 1.82) is 0 Å². The summed E-state index contributed by atoms with van der Waals surface area (Å²) in [6, 6.07) is 4.06. The molecule has 0 aliphatic carbocycles. The van der Waals surface area contributed by atoms with Crippen LogP contribution in [0.3, 0.4) is 0 Å². The topological polar surface area (TPSA) is 107 Å². The van der Waals surface area contributed by atoms with Crippen molar-refractivity contribution in [3.8, 4) is 0 Å². The average molecular weight is 392 g/mol. The van der Waals surface area contributed by atoms with Crippen molar-refractivity contribution in [2.75, 3.05) is 42.5 Å². The van der Waals surface area contributed by atoms with E-state index in [1.54, 1.807) is 24.0 Å². The van der Waals surface area contributed by atoms with Crippen molar-refractivity contribution < 1.29 is 23.5 Å². The highest BCUT2D eigenvalue weighted by molar-refractivity contribution is 5.90. The molecule has 28 heavy (non-hydrogen) atoms. The Morgan fingerprint density at radius 2 is 2.21 bits per heavy atom. The number of benzene rings is 1. The molecule has 2 aliphatic heterocycles. The molecule has 2 heterocycles. The van der Waals surface area contributed by atoms with Crippen molar-refractivity contribution in [1.82, 2.24) is 15.6 Å². The van der Waals surface area contributed by atoms with Crippen molar-refractivity contribution >= 4 is 36.2 Å².